The molecular weight excluding hydrogens is 272 g/mol. The standard InChI is InChI=1S/C15H20N2O4/c1-4-21-13(20)15(9-17)6-5-12(19)14(3,8-16)11(15)7-10(2)18/h11-12,19H,4-7H2,1-3H3/t11-,12?,14+,15-/m0/s1. The van der Waals surface area contributed by atoms with Crippen LogP contribution in [0.5, 0.6) is 0 Å². The second kappa shape index (κ2) is 6.24. The van der Waals surface area contributed by atoms with Gasteiger partial charge < -0.3 is 14.6 Å². The van der Waals surface area contributed by atoms with Crippen molar-refractivity contribution in [2.75, 3.05) is 6.61 Å². The molecule has 1 aliphatic rings. The normalized spacial score (nSPS) is 35.3. The number of aliphatic hydroxyl groups is 1. The third-order valence-electron chi connectivity index (χ3n) is 4.39. The van der Waals surface area contributed by atoms with Crippen LogP contribution in [0.3, 0.4) is 0 Å². The first-order valence-electron chi connectivity index (χ1n) is 6.95. The summed E-state index contributed by atoms with van der Waals surface area (Å²) in [5, 5.41) is 29.2. The summed E-state index contributed by atoms with van der Waals surface area (Å²) in [5.41, 5.74) is -2.90. The largest absolute Gasteiger partial charge is 0.465 e. The monoisotopic (exact) mass is 292 g/mol. The van der Waals surface area contributed by atoms with Crippen molar-refractivity contribution >= 4 is 11.8 Å². The van der Waals surface area contributed by atoms with Crippen LogP contribution < -0.4 is 0 Å². The lowest BCUT2D eigenvalue weighted by atomic mass is 9.53. The van der Waals surface area contributed by atoms with Crippen molar-refractivity contribution in [3.8, 4) is 12.1 Å². The lowest BCUT2D eigenvalue weighted by Crippen LogP contribution is -2.55. The Hall–Kier alpha value is -1.92. The lowest BCUT2D eigenvalue weighted by Gasteiger charge is -2.47. The van der Waals surface area contributed by atoms with E-state index in [1.54, 1.807) is 6.92 Å². The van der Waals surface area contributed by atoms with Crippen LogP contribution in [-0.2, 0) is 14.3 Å². The first-order chi connectivity index (χ1) is 9.78. The maximum atomic E-state index is 12.3. The first kappa shape index (κ1) is 17.1. The second-order valence-electron chi connectivity index (χ2n) is 5.71. The molecule has 1 saturated carbocycles. The Kier molecular flexibility index (Phi) is 5.09. The van der Waals surface area contributed by atoms with Crippen molar-refractivity contribution in [1.29, 1.82) is 10.5 Å². The molecule has 0 amide bonds. The van der Waals surface area contributed by atoms with Gasteiger partial charge in [-0.25, -0.2) is 0 Å². The van der Waals surface area contributed by atoms with Crippen LogP contribution in [0.25, 0.3) is 0 Å². The van der Waals surface area contributed by atoms with Crippen LogP contribution in [0.15, 0.2) is 0 Å². The summed E-state index contributed by atoms with van der Waals surface area (Å²) in [6.45, 7) is 4.58. The van der Waals surface area contributed by atoms with E-state index in [1.807, 2.05) is 12.1 Å². The molecule has 4 atom stereocenters. The maximum Gasteiger partial charge on any atom is 0.326 e. The number of nitrogens with zero attached hydrogens (tertiary/aromatic N) is 2. The van der Waals surface area contributed by atoms with Crippen LogP contribution in [0.4, 0.5) is 0 Å². The van der Waals surface area contributed by atoms with Crippen molar-refractivity contribution < 1.29 is 19.4 Å². The van der Waals surface area contributed by atoms with Gasteiger partial charge in [0.2, 0.25) is 0 Å². The van der Waals surface area contributed by atoms with Gasteiger partial charge in [0, 0.05) is 12.3 Å². The first-order valence-corrected chi connectivity index (χ1v) is 6.95. The molecule has 0 radical (unpaired) electrons. The van der Waals surface area contributed by atoms with E-state index in [9.17, 15) is 25.2 Å². The van der Waals surface area contributed by atoms with Crippen LogP contribution >= 0.6 is 0 Å². The number of hydrogen-bond donors (Lipinski definition) is 1. The van der Waals surface area contributed by atoms with Gasteiger partial charge in [-0.3, -0.25) is 4.79 Å². The van der Waals surface area contributed by atoms with E-state index >= 15 is 0 Å². The summed E-state index contributed by atoms with van der Waals surface area (Å²) in [5.74, 6) is -1.84. The second-order valence-corrected chi connectivity index (χ2v) is 5.71. The van der Waals surface area contributed by atoms with Crippen molar-refractivity contribution in [1.82, 2.24) is 0 Å². The molecule has 6 nitrogen and oxygen atoms in total. The van der Waals surface area contributed by atoms with Crippen molar-refractivity contribution in [2.24, 2.45) is 16.7 Å². The molecule has 1 aliphatic carbocycles. The van der Waals surface area contributed by atoms with E-state index in [-0.39, 0.29) is 31.7 Å². The Bertz CT molecular complexity index is 519. The summed E-state index contributed by atoms with van der Waals surface area (Å²) in [6.07, 6.45) is -0.875. The minimum atomic E-state index is -1.56. The van der Waals surface area contributed by atoms with Gasteiger partial charge >= 0.3 is 5.97 Å². The Labute approximate surface area is 124 Å². The molecule has 114 valence electrons. The zero-order valence-electron chi connectivity index (χ0n) is 12.5. The quantitative estimate of drug-likeness (QED) is 0.783. The van der Waals surface area contributed by atoms with Gasteiger partial charge in [-0.15, -0.1) is 0 Å². The molecule has 0 spiro atoms. The Morgan fingerprint density at radius 2 is 2.00 bits per heavy atom. The molecule has 0 aromatic heterocycles. The number of carbonyl (C=O) groups excluding carboxylic acids is 2. The molecule has 6 heteroatoms. The Morgan fingerprint density at radius 1 is 1.38 bits per heavy atom. The molecule has 1 rings (SSSR count). The van der Waals surface area contributed by atoms with E-state index < -0.39 is 28.8 Å². The highest BCUT2D eigenvalue weighted by Gasteiger charge is 2.61. The summed E-state index contributed by atoms with van der Waals surface area (Å²) in [7, 11) is 0. The van der Waals surface area contributed by atoms with E-state index in [1.165, 1.54) is 13.8 Å². The number of rotatable bonds is 4. The van der Waals surface area contributed by atoms with Gasteiger partial charge in [0.1, 0.15) is 5.78 Å². The molecule has 1 unspecified atom stereocenters. The van der Waals surface area contributed by atoms with Crippen LogP contribution in [-0.4, -0.2) is 29.6 Å². The average molecular weight is 292 g/mol. The minimum Gasteiger partial charge on any atom is -0.465 e. The molecule has 21 heavy (non-hydrogen) atoms. The fourth-order valence-corrected chi connectivity index (χ4v) is 3.09. The number of Topliss-reactive ketones (excluding diaryl/α,β-unsaturated/α-hetero) is 1. The minimum absolute atomic E-state index is 0.0821. The Balaban J connectivity index is 3.40. The lowest BCUT2D eigenvalue weighted by molar-refractivity contribution is -0.165. The molecule has 0 bridgehead atoms. The van der Waals surface area contributed by atoms with Crippen molar-refractivity contribution in [3.63, 3.8) is 0 Å². The van der Waals surface area contributed by atoms with Gasteiger partial charge in [0.15, 0.2) is 5.41 Å². The molecule has 0 saturated heterocycles. The van der Waals surface area contributed by atoms with Crippen LogP contribution in [0.2, 0.25) is 0 Å². The van der Waals surface area contributed by atoms with Gasteiger partial charge in [0.25, 0.3) is 0 Å². The molecule has 0 aromatic rings. The molecule has 0 heterocycles. The van der Waals surface area contributed by atoms with E-state index in [0.29, 0.717) is 0 Å². The third kappa shape index (κ3) is 2.77. The maximum absolute atomic E-state index is 12.3. The molecule has 0 aromatic carbocycles. The van der Waals surface area contributed by atoms with Crippen LogP contribution in [0, 0.1) is 39.4 Å². The number of hydrogen-bond acceptors (Lipinski definition) is 6. The van der Waals surface area contributed by atoms with E-state index in [0.717, 1.165) is 0 Å². The van der Waals surface area contributed by atoms with Crippen molar-refractivity contribution in [2.45, 2.75) is 46.1 Å². The Morgan fingerprint density at radius 3 is 2.43 bits per heavy atom. The highest BCUT2D eigenvalue weighted by Crippen LogP contribution is 2.53. The third-order valence-corrected chi connectivity index (χ3v) is 4.39. The molecule has 1 N–H and O–H groups in total. The number of esters is 1. The van der Waals surface area contributed by atoms with E-state index in [2.05, 4.69) is 0 Å². The summed E-state index contributed by atoms with van der Waals surface area (Å²) < 4.78 is 5.00. The summed E-state index contributed by atoms with van der Waals surface area (Å²) in [4.78, 5) is 23.9. The zero-order valence-corrected chi connectivity index (χ0v) is 12.5. The van der Waals surface area contributed by atoms with Gasteiger partial charge in [0.05, 0.1) is 30.3 Å². The summed E-state index contributed by atoms with van der Waals surface area (Å²) in [6, 6.07) is 3.99. The smallest absolute Gasteiger partial charge is 0.326 e. The number of carbonyl (C=O) groups is 2. The van der Waals surface area contributed by atoms with Crippen LogP contribution in [0.1, 0.15) is 40.0 Å². The predicted molar refractivity (Wildman–Crippen MR) is 72.4 cm³/mol. The van der Waals surface area contributed by atoms with Gasteiger partial charge in [-0.1, -0.05) is 0 Å². The number of ketones is 1. The van der Waals surface area contributed by atoms with Gasteiger partial charge in [-0.05, 0) is 33.6 Å². The molecular formula is C15H20N2O4. The highest BCUT2D eigenvalue weighted by atomic mass is 16.5. The van der Waals surface area contributed by atoms with Gasteiger partial charge in [-0.2, -0.15) is 10.5 Å². The predicted octanol–water partition coefficient (Wildman–Crippen LogP) is 1.34. The molecule has 1 fully saturated rings. The van der Waals surface area contributed by atoms with E-state index in [4.69, 9.17) is 4.74 Å². The highest BCUT2D eigenvalue weighted by molar-refractivity contribution is 5.83. The van der Waals surface area contributed by atoms with Crippen molar-refractivity contribution in [3.05, 3.63) is 0 Å². The number of ether oxygens (including phenoxy) is 1. The zero-order chi connectivity index (χ0) is 16.3. The fraction of sp³-hybridized carbons (Fsp3) is 0.733. The SMILES string of the molecule is CCOC(=O)[C@]1(C#N)CCC(O)[C@](C)(C#N)[C@@H]1CC(C)=O. The topological polar surface area (TPSA) is 111 Å². The fourth-order valence-electron chi connectivity index (χ4n) is 3.09. The summed E-state index contributed by atoms with van der Waals surface area (Å²) >= 11 is 0. The number of aliphatic hydroxyl groups excluding tert-OH is 1. The number of nitriles is 2. The molecule has 0 aliphatic heterocycles. The average Bonchev–Trinajstić information content (AvgIpc) is 2.44.